The molecule has 2 rings (SSSR count). The Balaban J connectivity index is 0.00000220. The monoisotopic (exact) mass is 378 g/mol. The maximum atomic E-state index is 13.1. The highest BCUT2D eigenvalue weighted by atomic mass is 35.5. The first-order valence-corrected chi connectivity index (χ1v) is 8.02. The number of nitrogens with zero attached hydrogens (tertiary/aromatic N) is 1. The quantitative estimate of drug-likeness (QED) is 0.870. The normalized spacial score (nSPS) is 20.1. The Bertz CT molecular complexity index is 592. The summed E-state index contributed by atoms with van der Waals surface area (Å²) in [6.07, 6.45) is -0.378. The van der Waals surface area contributed by atoms with Crippen molar-refractivity contribution in [2.75, 3.05) is 26.2 Å². The summed E-state index contributed by atoms with van der Waals surface area (Å²) in [5.41, 5.74) is 5.48. The molecule has 1 unspecified atom stereocenters. The van der Waals surface area contributed by atoms with Gasteiger partial charge in [0.1, 0.15) is 10.7 Å². The van der Waals surface area contributed by atoms with Gasteiger partial charge in [-0.3, -0.25) is 0 Å². The Morgan fingerprint density at radius 2 is 1.95 bits per heavy atom. The van der Waals surface area contributed by atoms with E-state index in [0.29, 0.717) is 0 Å². The van der Waals surface area contributed by atoms with Crippen molar-refractivity contribution in [3.63, 3.8) is 0 Å². The van der Waals surface area contributed by atoms with Gasteiger partial charge in [-0.2, -0.15) is 4.31 Å². The van der Waals surface area contributed by atoms with Gasteiger partial charge in [0.15, 0.2) is 0 Å². The standard InChI is InChI=1S/C11H13Cl2FN2O3S.ClH/c12-9-3-7(14)4-10(13)11(9)20(17,18)16-1-2-19-8(5-15)6-16;/h3-4,8H,1-2,5-6,15H2;1H. The molecule has 0 saturated carbocycles. The van der Waals surface area contributed by atoms with E-state index in [2.05, 4.69) is 0 Å². The fraction of sp³-hybridized carbons (Fsp3) is 0.455. The number of halogens is 4. The summed E-state index contributed by atoms with van der Waals surface area (Å²) in [7, 11) is -3.92. The molecule has 1 fully saturated rings. The maximum Gasteiger partial charge on any atom is 0.246 e. The minimum absolute atomic E-state index is 0. The van der Waals surface area contributed by atoms with Crippen molar-refractivity contribution in [1.82, 2.24) is 4.31 Å². The van der Waals surface area contributed by atoms with Crippen molar-refractivity contribution in [3.05, 3.63) is 28.0 Å². The highest BCUT2D eigenvalue weighted by Gasteiger charge is 2.33. The first kappa shape index (κ1) is 18.9. The second-order valence-corrected chi connectivity index (χ2v) is 6.98. The van der Waals surface area contributed by atoms with Crippen LogP contribution in [0.15, 0.2) is 17.0 Å². The van der Waals surface area contributed by atoms with Gasteiger partial charge in [0.25, 0.3) is 0 Å². The van der Waals surface area contributed by atoms with E-state index in [1.165, 1.54) is 4.31 Å². The second-order valence-electron chi connectivity index (χ2n) is 4.29. The molecule has 1 atom stereocenters. The largest absolute Gasteiger partial charge is 0.374 e. The average Bonchev–Trinajstić information content (AvgIpc) is 2.37. The molecule has 120 valence electrons. The molecule has 1 heterocycles. The molecule has 21 heavy (non-hydrogen) atoms. The van der Waals surface area contributed by atoms with Crippen LogP contribution in [0.4, 0.5) is 4.39 Å². The summed E-state index contributed by atoms with van der Waals surface area (Å²) in [4.78, 5) is -0.292. The highest BCUT2D eigenvalue weighted by molar-refractivity contribution is 7.89. The zero-order chi connectivity index (χ0) is 14.9. The highest BCUT2D eigenvalue weighted by Crippen LogP contribution is 2.33. The second kappa shape index (κ2) is 7.41. The van der Waals surface area contributed by atoms with Gasteiger partial charge < -0.3 is 10.5 Å². The van der Waals surface area contributed by atoms with E-state index in [4.69, 9.17) is 33.7 Å². The molecule has 1 saturated heterocycles. The van der Waals surface area contributed by atoms with Crippen molar-refractivity contribution in [2.24, 2.45) is 5.73 Å². The first-order chi connectivity index (χ1) is 9.36. The number of morpholine rings is 1. The maximum absolute atomic E-state index is 13.1. The summed E-state index contributed by atoms with van der Waals surface area (Å²) < 4.78 is 44.7. The number of benzene rings is 1. The Hall–Kier alpha value is -0.150. The van der Waals surface area contributed by atoms with Gasteiger partial charge in [-0.25, -0.2) is 12.8 Å². The van der Waals surface area contributed by atoms with Crippen molar-refractivity contribution in [3.8, 4) is 0 Å². The molecule has 1 aliphatic rings. The van der Waals surface area contributed by atoms with Crippen molar-refractivity contribution in [1.29, 1.82) is 0 Å². The number of nitrogens with two attached hydrogens (primary N) is 1. The van der Waals surface area contributed by atoms with E-state index in [1.54, 1.807) is 0 Å². The molecule has 5 nitrogen and oxygen atoms in total. The van der Waals surface area contributed by atoms with Crippen molar-refractivity contribution in [2.45, 2.75) is 11.0 Å². The topological polar surface area (TPSA) is 72.6 Å². The van der Waals surface area contributed by atoms with Crippen LogP contribution in [0.25, 0.3) is 0 Å². The minimum atomic E-state index is -3.92. The summed E-state index contributed by atoms with van der Waals surface area (Å²) in [5, 5.41) is -0.489. The molecule has 1 aromatic rings. The van der Waals surface area contributed by atoms with Crippen LogP contribution in [0.3, 0.4) is 0 Å². The Morgan fingerprint density at radius 3 is 2.48 bits per heavy atom. The molecule has 0 spiro atoms. The minimum Gasteiger partial charge on any atom is -0.374 e. The summed E-state index contributed by atoms with van der Waals surface area (Å²) in [5.74, 6) is -0.694. The summed E-state index contributed by atoms with van der Waals surface area (Å²) >= 11 is 11.6. The summed E-state index contributed by atoms with van der Waals surface area (Å²) in [6, 6.07) is 1.84. The van der Waals surface area contributed by atoms with Gasteiger partial charge in [0.05, 0.1) is 22.8 Å². The van der Waals surface area contributed by atoms with Crippen LogP contribution >= 0.6 is 35.6 Å². The number of sulfonamides is 1. The molecule has 0 radical (unpaired) electrons. The zero-order valence-electron chi connectivity index (χ0n) is 10.8. The van der Waals surface area contributed by atoms with E-state index in [0.717, 1.165) is 12.1 Å². The molecule has 10 heteroatoms. The van der Waals surface area contributed by atoms with Gasteiger partial charge in [0.2, 0.25) is 10.0 Å². The van der Waals surface area contributed by atoms with E-state index >= 15 is 0 Å². The third-order valence-corrected chi connectivity index (χ3v) is 5.71. The molecule has 0 aliphatic carbocycles. The van der Waals surface area contributed by atoms with E-state index < -0.39 is 15.8 Å². The fourth-order valence-electron chi connectivity index (χ4n) is 1.96. The molecule has 0 amide bonds. The van der Waals surface area contributed by atoms with Crippen molar-refractivity contribution < 1.29 is 17.5 Å². The van der Waals surface area contributed by atoms with Crippen LogP contribution in [0, 0.1) is 5.82 Å². The molecule has 1 aromatic carbocycles. The van der Waals surface area contributed by atoms with Crippen LogP contribution in [0.2, 0.25) is 10.0 Å². The lowest BCUT2D eigenvalue weighted by Crippen LogP contribution is -2.48. The number of rotatable bonds is 3. The van der Waals surface area contributed by atoms with Crippen LogP contribution in [0.1, 0.15) is 0 Å². The number of hydrogen-bond donors (Lipinski definition) is 1. The van der Waals surface area contributed by atoms with E-state index in [1.807, 2.05) is 0 Å². The lowest BCUT2D eigenvalue weighted by molar-refractivity contribution is 0.00451. The molecule has 2 N–H and O–H groups in total. The lowest BCUT2D eigenvalue weighted by atomic mass is 10.3. The van der Waals surface area contributed by atoms with E-state index in [-0.39, 0.29) is 59.7 Å². The Kier molecular flexibility index (Phi) is 6.67. The van der Waals surface area contributed by atoms with Gasteiger partial charge >= 0.3 is 0 Å². The average molecular weight is 380 g/mol. The molecule has 0 bridgehead atoms. The van der Waals surface area contributed by atoms with Crippen LogP contribution < -0.4 is 5.73 Å². The first-order valence-electron chi connectivity index (χ1n) is 5.82. The third kappa shape index (κ3) is 3.98. The molecular weight excluding hydrogens is 366 g/mol. The molecular formula is C11H14Cl3FN2O3S. The lowest BCUT2D eigenvalue weighted by Gasteiger charge is -2.31. The van der Waals surface area contributed by atoms with Gasteiger partial charge in [0, 0.05) is 19.6 Å². The van der Waals surface area contributed by atoms with Crippen LogP contribution in [-0.4, -0.2) is 45.1 Å². The Morgan fingerprint density at radius 1 is 1.38 bits per heavy atom. The van der Waals surface area contributed by atoms with Crippen LogP contribution in [0.5, 0.6) is 0 Å². The SMILES string of the molecule is Cl.NCC1CN(S(=O)(=O)c2c(Cl)cc(F)cc2Cl)CCO1. The predicted molar refractivity (Wildman–Crippen MR) is 81.2 cm³/mol. The van der Waals surface area contributed by atoms with E-state index in [9.17, 15) is 12.8 Å². The number of ether oxygens (including phenoxy) is 1. The molecule has 0 aromatic heterocycles. The third-order valence-electron chi connectivity index (χ3n) is 2.93. The van der Waals surface area contributed by atoms with Gasteiger partial charge in [-0.1, -0.05) is 23.2 Å². The van der Waals surface area contributed by atoms with Crippen molar-refractivity contribution >= 4 is 45.6 Å². The molecule has 1 aliphatic heterocycles. The summed E-state index contributed by atoms with van der Waals surface area (Å²) in [6.45, 7) is 0.722. The van der Waals surface area contributed by atoms with Crippen LogP contribution in [-0.2, 0) is 14.8 Å². The zero-order valence-corrected chi connectivity index (χ0v) is 13.9. The fourth-order valence-corrected chi connectivity index (χ4v) is 4.55. The number of hydrogen-bond acceptors (Lipinski definition) is 4. The Labute approximate surface area is 138 Å². The smallest absolute Gasteiger partial charge is 0.246 e. The predicted octanol–water partition coefficient (Wildman–Crippen LogP) is 1.90. The van der Waals surface area contributed by atoms with Gasteiger partial charge in [-0.05, 0) is 12.1 Å². The van der Waals surface area contributed by atoms with Gasteiger partial charge in [-0.15, -0.1) is 12.4 Å².